The van der Waals surface area contributed by atoms with Gasteiger partial charge in [0.1, 0.15) is 5.69 Å². The van der Waals surface area contributed by atoms with Gasteiger partial charge in [0.25, 0.3) is 5.91 Å². The molecule has 0 saturated heterocycles. The van der Waals surface area contributed by atoms with Crippen molar-refractivity contribution < 1.29 is 13.2 Å². The predicted molar refractivity (Wildman–Crippen MR) is 135 cm³/mol. The average Bonchev–Trinajstić information content (AvgIpc) is 3.18. The van der Waals surface area contributed by atoms with Crippen molar-refractivity contribution in [1.82, 2.24) is 13.9 Å². The maximum Gasteiger partial charge on any atom is 0.275 e. The highest BCUT2D eigenvalue weighted by molar-refractivity contribution is 7.89. The third-order valence-electron chi connectivity index (χ3n) is 5.43. The third-order valence-corrected chi connectivity index (χ3v) is 6.72. The minimum Gasteiger partial charge on any atom is -0.320 e. The van der Waals surface area contributed by atoms with Crippen LogP contribution in [0.2, 0.25) is 5.02 Å². The first-order valence-electron chi connectivity index (χ1n) is 10.4. The van der Waals surface area contributed by atoms with E-state index in [4.69, 9.17) is 11.6 Å². The molecule has 9 heteroatoms. The van der Waals surface area contributed by atoms with Gasteiger partial charge in [0.05, 0.1) is 40.4 Å². The summed E-state index contributed by atoms with van der Waals surface area (Å²) in [6.07, 6.45) is 2.55. The van der Waals surface area contributed by atoms with E-state index in [1.54, 1.807) is 36.4 Å². The van der Waals surface area contributed by atoms with E-state index < -0.39 is 15.9 Å². The maximum absolute atomic E-state index is 13.1. The molecule has 5 rings (SSSR count). The van der Waals surface area contributed by atoms with E-state index in [0.29, 0.717) is 38.5 Å². The van der Waals surface area contributed by atoms with Gasteiger partial charge in [-0.3, -0.25) is 9.78 Å². The lowest BCUT2D eigenvalue weighted by molar-refractivity contribution is 0.102. The Balaban J connectivity index is 1.64. The zero-order valence-corrected chi connectivity index (χ0v) is 19.9. The van der Waals surface area contributed by atoms with Crippen LogP contribution in [-0.4, -0.2) is 34.5 Å². The van der Waals surface area contributed by atoms with Crippen molar-refractivity contribution in [3.05, 3.63) is 89.2 Å². The summed E-state index contributed by atoms with van der Waals surface area (Å²) in [6, 6.07) is 19.5. The Morgan fingerprint density at radius 3 is 2.53 bits per heavy atom. The molecule has 1 N–H and O–H groups in total. The van der Waals surface area contributed by atoms with Crippen molar-refractivity contribution >= 4 is 55.2 Å². The van der Waals surface area contributed by atoms with Gasteiger partial charge in [-0.25, -0.2) is 17.4 Å². The molecular weight excluding hydrogens is 472 g/mol. The van der Waals surface area contributed by atoms with Gasteiger partial charge in [0, 0.05) is 16.0 Å². The molecule has 170 valence electrons. The molecule has 0 atom stereocenters. The lowest BCUT2D eigenvalue weighted by Gasteiger charge is -2.14. The number of carbonyl (C=O) groups excluding carboxylic acids is 1. The summed E-state index contributed by atoms with van der Waals surface area (Å²) in [7, 11) is -3.67. The average molecular weight is 491 g/mol. The highest BCUT2D eigenvalue weighted by Crippen LogP contribution is 2.36. The first kappa shape index (κ1) is 22.1. The number of carbonyl (C=O) groups is 1. The van der Waals surface area contributed by atoms with Crippen molar-refractivity contribution in [2.45, 2.75) is 6.92 Å². The Labute approximate surface area is 201 Å². The van der Waals surface area contributed by atoms with Crippen molar-refractivity contribution in [3.63, 3.8) is 0 Å². The highest BCUT2D eigenvalue weighted by atomic mass is 35.5. The van der Waals surface area contributed by atoms with Crippen LogP contribution in [0, 0.1) is 6.92 Å². The lowest BCUT2D eigenvalue weighted by atomic mass is 10.1. The van der Waals surface area contributed by atoms with Crippen LogP contribution in [0.15, 0.2) is 72.9 Å². The van der Waals surface area contributed by atoms with Crippen LogP contribution in [-0.2, 0) is 10.0 Å². The molecule has 2 heterocycles. The zero-order valence-electron chi connectivity index (χ0n) is 18.3. The summed E-state index contributed by atoms with van der Waals surface area (Å²) in [5.41, 5.74) is 4.21. The molecule has 0 aliphatic rings. The molecule has 0 aliphatic carbocycles. The number of nitrogens with one attached hydrogen (secondary N) is 1. The van der Waals surface area contributed by atoms with E-state index >= 15 is 0 Å². The molecule has 0 bridgehead atoms. The summed E-state index contributed by atoms with van der Waals surface area (Å²) in [4.78, 5) is 21.7. The number of benzene rings is 3. The van der Waals surface area contributed by atoms with E-state index in [9.17, 15) is 13.2 Å². The van der Waals surface area contributed by atoms with Crippen molar-refractivity contribution in [2.24, 2.45) is 0 Å². The number of para-hydroxylation sites is 2. The van der Waals surface area contributed by atoms with E-state index in [-0.39, 0.29) is 5.69 Å². The molecule has 0 radical (unpaired) electrons. The minimum absolute atomic E-state index is 0.138. The standard InChI is InChI=1S/C25H19ClN4O3S/c1-15-7-10-23-16(11-15)12-24(30(23)34(2,32)33)18-13-17(26)8-9-19(18)29-25(31)22-14-27-20-5-3-4-6-21(20)28-22/h3-14H,1-2H3,(H,29,31). The Hall–Kier alpha value is -3.75. The number of nitrogens with zero attached hydrogens (tertiary/aromatic N) is 3. The van der Waals surface area contributed by atoms with Gasteiger partial charge in [-0.2, -0.15) is 0 Å². The van der Waals surface area contributed by atoms with Crippen LogP contribution >= 0.6 is 11.6 Å². The lowest BCUT2D eigenvalue weighted by Crippen LogP contribution is -2.16. The van der Waals surface area contributed by atoms with Gasteiger partial charge in [-0.1, -0.05) is 35.4 Å². The van der Waals surface area contributed by atoms with Crippen LogP contribution in [0.25, 0.3) is 33.2 Å². The Bertz CT molecular complexity index is 1710. The van der Waals surface area contributed by atoms with Gasteiger partial charge >= 0.3 is 0 Å². The molecule has 0 saturated carbocycles. The van der Waals surface area contributed by atoms with Gasteiger partial charge in [-0.15, -0.1) is 0 Å². The second-order valence-corrected chi connectivity index (χ2v) is 10.3. The van der Waals surface area contributed by atoms with Gasteiger partial charge in [-0.05, 0) is 55.5 Å². The number of hydrogen-bond acceptors (Lipinski definition) is 5. The SMILES string of the molecule is Cc1ccc2c(c1)cc(-c1cc(Cl)ccc1NC(=O)c1cnc3ccccc3n1)n2S(C)(=O)=O. The molecule has 1 amide bonds. The molecule has 0 spiro atoms. The molecule has 0 aliphatic heterocycles. The number of rotatable bonds is 4. The molecule has 3 aromatic carbocycles. The summed E-state index contributed by atoms with van der Waals surface area (Å²) >= 11 is 6.28. The van der Waals surface area contributed by atoms with Crippen LogP contribution in [0.5, 0.6) is 0 Å². The zero-order chi connectivity index (χ0) is 24.0. The van der Waals surface area contributed by atoms with E-state index in [1.807, 2.05) is 37.3 Å². The number of hydrogen-bond donors (Lipinski definition) is 1. The topological polar surface area (TPSA) is 93.9 Å². The Morgan fingerprint density at radius 1 is 1.00 bits per heavy atom. The second kappa shape index (κ2) is 8.23. The van der Waals surface area contributed by atoms with Gasteiger partial charge < -0.3 is 5.32 Å². The summed E-state index contributed by atoms with van der Waals surface area (Å²) in [5.74, 6) is -0.473. The second-order valence-electron chi connectivity index (χ2n) is 8.01. The summed E-state index contributed by atoms with van der Waals surface area (Å²) in [6.45, 7) is 1.94. The van der Waals surface area contributed by atoms with E-state index in [2.05, 4.69) is 15.3 Å². The number of fused-ring (bicyclic) bond motifs is 2. The van der Waals surface area contributed by atoms with Gasteiger partial charge in [0.2, 0.25) is 10.0 Å². The fourth-order valence-electron chi connectivity index (χ4n) is 3.94. The summed E-state index contributed by atoms with van der Waals surface area (Å²) in [5, 5.41) is 4.01. The van der Waals surface area contributed by atoms with Crippen LogP contribution in [0.4, 0.5) is 5.69 Å². The van der Waals surface area contributed by atoms with E-state index in [0.717, 1.165) is 17.2 Å². The highest BCUT2D eigenvalue weighted by Gasteiger charge is 2.21. The Kier molecular flexibility index (Phi) is 5.34. The first-order valence-corrected chi connectivity index (χ1v) is 12.6. The molecule has 2 aromatic heterocycles. The number of halogens is 1. The molecule has 34 heavy (non-hydrogen) atoms. The number of aryl methyl sites for hydroxylation is 1. The van der Waals surface area contributed by atoms with Crippen LogP contribution in [0.3, 0.4) is 0 Å². The smallest absolute Gasteiger partial charge is 0.275 e. The molecule has 7 nitrogen and oxygen atoms in total. The quantitative estimate of drug-likeness (QED) is 0.370. The van der Waals surface area contributed by atoms with Crippen LogP contribution in [0.1, 0.15) is 16.1 Å². The fraction of sp³-hybridized carbons (Fsp3) is 0.0800. The minimum atomic E-state index is -3.67. The van der Waals surface area contributed by atoms with Gasteiger partial charge in [0.15, 0.2) is 0 Å². The number of anilines is 1. The predicted octanol–water partition coefficient (Wildman–Crippen LogP) is 5.27. The Morgan fingerprint density at radius 2 is 1.76 bits per heavy atom. The number of aromatic nitrogens is 3. The molecular formula is C25H19ClN4O3S. The van der Waals surface area contributed by atoms with Crippen molar-refractivity contribution in [1.29, 1.82) is 0 Å². The summed E-state index contributed by atoms with van der Waals surface area (Å²) < 4.78 is 26.8. The molecule has 0 unspecified atom stereocenters. The number of amides is 1. The van der Waals surface area contributed by atoms with E-state index in [1.165, 1.54) is 10.2 Å². The normalized spacial score (nSPS) is 11.7. The first-order chi connectivity index (χ1) is 16.2. The third kappa shape index (κ3) is 4.02. The fourth-order valence-corrected chi connectivity index (χ4v) is 5.15. The molecule has 5 aromatic rings. The molecule has 0 fully saturated rings. The monoisotopic (exact) mass is 490 g/mol. The largest absolute Gasteiger partial charge is 0.320 e. The van der Waals surface area contributed by atoms with Crippen molar-refractivity contribution in [3.8, 4) is 11.3 Å². The maximum atomic E-state index is 13.1. The van der Waals surface area contributed by atoms with Crippen LogP contribution < -0.4 is 5.32 Å². The van der Waals surface area contributed by atoms with Crippen molar-refractivity contribution in [2.75, 3.05) is 11.6 Å².